The van der Waals surface area contributed by atoms with Crippen LogP contribution in [-0.2, 0) is 14.2 Å². The maximum Gasteiger partial charge on any atom is 0.200 e. The molecule has 3 rings (SSSR count). The summed E-state index contributed by atoms with van der Waals surface area (Å²) in [5.41, 5.74) is 0.983. The first-order valence-electron chi connectivity index (χ1n) is 7.45. The van der Waals surface area contributed by atoms with E-state index in [0.29, 0.717) is 0 Å². The first-order chi connectivity index (χ1) is 8.77. The van der Waals surface area contributed by atoms with Gasteiger partial charge in [0, 0.05) is 11.8 Å². The summed E-state index contributed by atoms with van der Waals surface area (Å²) in [6.07, 6.45) is 6.39. The van der Waals surface area contributed by atoms with Crippen molar-refractivity contribution in [3.05, 3.63) is 11.8 Å². The number of rotatable bonds is 1. The second kappa shape index (κ2) is 3.98. The van der Waals surface area contributed by atoms with Gasteiger partial charge >= 0.3 is 0 Å². The normalized spacial score (nSPS) is 45.4. The van der Waals surface area contributed by atoms with E-state index in [0.717, 1.165) is 25.7 Å². The summed E-state index contributed by atoms with van der Waals surface area (Å²) in [4.78, 5) is 0. The van der Waals surface area contributed by atoms with Gasteiger partial charge in [-0.25, -0.2) is 0 Å². The topological polar surface area (TPSA) is 27.7 Å². The Bertz CT molecular complexity index is 409. The van der Waals surface area contributed by atoms with E-state index in [1.54, 1.807) is 0 Å². The number of fused-ring (bicyclic) bond motifs is 1. The van der Waals surface area contributed by atoms with Gasteiger partial charge in [0.15, 0.2) is 0 Å². The lowest BCUT2D eigenvalue weighted by atomic mass is 9.60. The Kier molecular flexibility index (Phi) is 2.82. The standard InChI is InChI=1S/C16H26O3/c1-11-10-17-13-9-15(5)12(18-14(2,3)4)7-6-8-16(11,15)19-13/h10,12-13H,6-9H2,1-5H3/t12-,13+,15+,16+/m0/s1. The van der Waals surface area contributed by atoms with Crippen LogP contribution < -0.4 is 0 Å². The van der Waals surface area contributed by atoms with Crippen LogP contribution in [0.25, 0.3) is 0 Å². The zero-order valence-electron chi connectivity index (χ0n) is 12.8. The highest BCUT2D eigenvalue weighted by molar-refractivity contribution is 5.27. The lowest BCUT2D eigenvalue weighted by Crippen LogP contribution is -2.56. The van der Waals surface area contributed by atoms with Crippen LogP contribution >= 0.6 is 0 Å². The molecule has 0 amide bonds. The molecule has 2 heterocycles. The fraction of sp³-hybridized carbons (Fsp3) is 0.875. The third-order valence-electron chi connectivity index (χ3n) is 5.08. The molecular weight excluding hydrogens is 240 g/mol. The van der Waals surface area contributed by atoms with Gasteiger partial charge in [-0.1, -0.05) is 6.92 Å². The SMILES string of the molecule is CC1=CO[C@H]2C[C@]3(C)[C@@H](OC(C)(C)C)CCC[C@@]13O2. The molecule has 2 aliphatic heterocycles. The maximum atomic E-state index is 6.38. The Labute approximate surface area is 116 Å². The summed E-state index contributed by atoms with van der Waals surface area (Å²) < 4.78 is 18.3. The fourth-order valence-corrected chi connectivity index (χ4v) is 4.21. The first kappa shape index (κ1) is 13.4. The maximum absolute atomic E-state index is 6.38. The molecule has 1 spiro atoms. The quantitative estimate of drug-likeness (QED) is 0.723. The zero-order chi connectivity index (χ0) is 13.9. The minimum absolute atomic E-state index is 0.0281. The Morgan fingerprint density at radius 3 is 2.79 bits per heavy atom. The van der Waals surface area contributed by atoms with Gasteiger partial charge in [0.25, 0.3) is 0 Å². The van der Waals surface area contributed by atoms with Gasteiger partial charge in [-0.05, 0) is 52.5 Å². The summed E-state index contributed by atoms with van der Waals surface area (Å²) in [6.45, 7) is 10.9. The highest BCUT2D eigenvalue weighted by Gasteiger charge is 2.65. The molecule has 0 aromatic heterocycles. The van der Waals surface area contributed by atoms with Crippen molar-refractivity contribution in [2.45, 2.75) is 83.9 Å². The monoisotopic (exact) mass is 266 g/mol. The molecule has 3 heteroatoms. The highest BCUT2D eigenvalue weighted by Crippen LogP contribution is 2.61. The molecule has 108 valence electrons. The van der Waals surface area contributed by atoms with Gasteiger partial charge in [0.1, 0.15) is 5.60 Å². The number of hydrogen-bond acceptors (Lipinski definition) is 3. The Morgan fingerprint density at radius 2 is 2.11 bits per heavy atom. The average molecular weight is 266 g/mol. The van der Waals surface area contributed by atoms with E-state index in [-0.39, 0.29) is 29.0 Å². The average Bonchev–Trinajstić information content (AvgIpc) is 2.54. The lowest BCUT2D eigenvalue weighted by Gasteiger charge is -2.52. The van der Waals surface area contributed by atoms with Crippen molar-refractivity contribution in [2.24, 2.45) is 5.41 Å². The second-order valence-electron chi connectivity index (χ2n) is 7.54. The van der Waals surface area contributed by atoms with Crippen molar-refractivity contribution in [1.82, 2.24) is 0 Å². The predicted octanol–water partition coefficient (Wildman–Crippen LogP) is 3.78. The summed E-state index contributed by atoms with van der Waals surface area (Å²) in [7, 11) is 0. The molecule has 19 heavy (non-hydrogen) atoms. The molecule has 0 aromatic carbocycles. The molecule has 1 saturated heterocycles. The summed E-state index contributed by atoms with van der Waals surface area (Å²) in [5, 5.41) is 0. The van der Waals surface area contributed by atoms with Crippen LogP contribution in [0.15, 0.2) is 11.8 Å². The zero-order valence-corrected chi connectivity index (χ0v) is 12.8. The minimum atomic E-state index is -0.163. The smallest absolute Gasteiger partial charge is 0.200 e. The summed E-state index contributed by atoms with van der Waals surface area (Å²) >= 11 is 0. The van der Waals surface area contributed by atoms with Crippen LogP contribution in [0.5, 0.6) is 0 Å². The van der Waals surface area contributed by atoms with Gasteiger partial charge in [0.2, 0.25) is 6.29 Å². The second-order valence-corrected chi connectivity index (χ2v) is 7.54. The predicted molar refractivity (Wildman–Crippen MR) is 73.6 cm³/mol. The van der Waals surface area contributed by atoms with Crippen LogP contribution in [0, 0.1) is 5.41 Å². The van der Waals surface area contributed by atoms with E-state index in [9.17, 15) is 0 Å². The van der Waals surface area contributed by atoms with Crippen LogP contribution in [-0.4, -0.2) is 23.6 Å². The number of hydrogen-bond donors (Lipinski definition) is 0. The van der Waals surface area contributed by atoms with E-state index in [4.69, 9.17) is 14.2 Å². The van der Waals surface area contributed by atoms with E-state index in [1.807, 2.05) is 6.26 Å². The minimum Gasteiger partial charge on any atom is -0.472 e. The van der Waals surface area contributed by atoms with Gasteiger partial charge in [0.05, 0.1) is 18.0 Å². The van der Waals surface area contributed by atoms with Gasteiger partial charge in [-0.3, -0.25) is 0 Å². The first-order valence-corrected chi connectivity index (χ1v) is 7.45. The molecule has 0 unspecified atom stereocenters. The molecule has 0 N–H and O–H groups in total. The molecule has 2 bridgehead atoms. The molecule has 2 fully saturated rings. The molecule has 1 aliphatic carbocycles. The van der Waals surface area contributed by atoms with Gasteiger partial charge < -0.3 is 14.2 Å². The van der Waals surface area contributed by atoms with Crippen molar-refractivity contribution in [2.75, 3.05) is 0 Å². The van der Waals surface area contributed by atoms with E-state index < -0.39 is 0 Å². The molecule has 1 saturated carbocycles. The van der Waals surface area contributed by atoms with Crippen LogP contribution in [0.1, 0.15) is 60.3 Å². The molecule has 3 nitrogen and oxygen atoms in total. The van der Waals surface area contributed by atoms with Gasteiger partial charge in [-0.2, -0.15) is 0 Å². The van der Waals surface area contributed by atoms with Crippen LogP contribution in [0.3, 0.4) is 0 Å². The highest BCUT2D eigenvalue weighted by atomic mass is 16.7. The van der Waals surface area contributed by atoms with E-state index >= 15 is 0 Å². The van der Waals surface area contributed by atoms with Crippen molar-refractivity contribution < 1.29 is 14.2 Å². The van der Waals surface area contributed by atoms with Crippen molar-refractivity contribution in [3.8, 4) is 0 Å². The third kappa shape index (κ3) is 1.85. The molecular formula is C16H26O3. The van der Waals surface area contributed by atoms with Crippen LogP contribution in [0.2, 0.25) is 0 Å². The van der Waals surface area contributed by atoms with E-state index in [2.05, 4.69) is 34.6 Å². The molecule has 0 aromatic rings. The Morgan fingerprint density at radius 1 is 1.37 bits per heavy atom. The largest absolute Gasteiger partial charge is 0.472 e. The Balaban J connectivity index is 1.97. The number of ether oxygens (including phenoxy) is 3. The van der Waals surface area contributed by atoms with Crippen molar-refractivity contribution in [3.63, 3.8) is 0 Å². The Hall–Kier alpha value is -0.540. The molecule has 4 atom stereocenters. The van der Waals surface area contributed by atoms with Crippen molar-refractivity contribution in [1.29, 1.82) is 0 Å². The summed E-state index contributed by atoms with van der Waals surface area (Å²) in [6, 6.07) is 0. The van der Waals surface area contributed by atoms with Crippen LogP contribution in [0.4, 0.5) is 0 Å². The van der Waals surface area contributed by atoms with E-state index in [1.165, 1.54) is 5.57 Å². The fourth-order valence-electron chi connectivity index (χ4n) is 4.21. The van der Waals surface area contributed by atoms with Crippen molar-refractivity contribution >= 4 is 0 Å². The molecule has 3 aliphatic rings. The summed E-state index contributed by atoms with van der Waals surface area (Å²) in [5.74, 6) is 0. The van der Waals surface area contributed by atoms with Gasteiger partial charge in [-0.15, -0.1) is 0 Å². The lowest BCUT2D eigenvalue weighted by molar-refractivity contribution is -0.203. The molecule has 0 radical (unpaired) electrons. The third-order valence-corrected chi connectivity index (χ3v) is 5.08.